The van der Waals surface area contributed by atoms with Crippen molar-refractivity contribution in [3.63, 3.8) is 0 Å². The van der Waals surface area contributed by atoms with Crippen molar-refractivity contribution in [3.05, 3.63) is 29.6 Å². The lowest BCUT2D eigenvalue weighted by Crippen LogP contribution is -2.25. The molecule has 0 spiro atoms. The van der Waals surface area contributed by atoms with Crippen molar-refractivity contribution in [3.8, 4) is 5.75 Å². The van der Waals surface area contributed by atoms with Gasteiger partial charge in [0.2, 0.25) is 0 Å². The molecule has 17 heavy (non-hydrogen) atoms. The van der Waals surface area contributed by atoms with Gasteiger partial charge in [-0.2, -0.15) is 0 Å². The van der Waals surface area contributed by atoms with Crippen molar-refractivity contribution in [2.24, 2.45) is 5.73 Å². The Kier molecular flexibility index (Phi) is 4.34. The second kappa shape index (κ2) is 5.98. The van der Waals surface area contributed by atoms with Crippen LogP contribution in [0.3, 0.4) is 0 Å². The summed E-state index contributed by atoms with van der Waals surface area (Å²) in [7, 11) is 0. The summed E-state index contributed by atoms with van der Waals surface area (Å²) in [6, 6.07) is 4.57. The third-order valence-corrected chi connectivity index (χ3v) is 2.88. The predicted octanol–water partition coefficient (Wildman–Crippen LogP) is 2.23. The number of rotatable bonds is 4. The molecule has 1 aromatic rings. The maximum absolute atomic E-state index is 13.2. The van der Waals surface area contributed by atoms with Gasteiger partial charge in [-0.3, -0.25) is 0 Å². The molecule has 0 aromatic heterocycles. The second-order valence-electron chi connectivity index (χ2n) is 4.30. The van der Waals surface area contributed by atoms with Gasteiger partial charge in [0.05, 0.1) is 6.10 Å². The highest BCUT2D eigenvalue weighted by atomic mass is 19.1. The molecule has 94 valence electrons. The molecular formula is C13H18FNO2. The number of halogens is 1. The molecule has 2 N–H and O–H groups in total. The Bertz CT molecular complexity index is 364. The molecule has 0 aliphatic carbocycles. The molecule has 0 saturated carbocycles. The largest absolute Gasteiger partial charge is 0.491 e. The van der Waals surface area contributed by atoms with Crippen LogP contribution in [0.5, 0.6) is 5.75 Å². The van der Waals surface area contributed by atoms with Gasteiger partial charge >= 0.3 is 0 Å². The van der Waals surface area contributed by atoms with E-state index in [1.807, 2.05) is 0 Å². The van der Waals surface area contributed by atoms with Crippen molar-refractivity contribution >= 4 is 0 Å². The zero-order valence-electron chi connectivity index (χ0n) is 9.82. The Labute approximate surface area is 101 Å². The van der Waals surface area contributed by atoms with Crippen LogP contribution in [0.4, 0.5) is 4.39 Å². The van der Waals surface area contributed by atoms with Crippen molar-refractivity contribution in [1.29, 1.82) is 0 Å². The Hall–Kier alpha value is -1.13. The molecule has 1 aliphatic rings. The maximum atomic E-state index is 13.2. The summed E-state index contributed by atoms with van der Waals surface area (Å²) in [6.45, 7) is 1.59. The number of nitrogens with two attached hydrogens (primary N) is 1. The van der Waals surface area contributed by atoms with E-state index in [4.69, 9.17) is 15.2 Å². The fourth-order valence-electron chi connectivity index (χ4n) is 1.95. The Morgan fingerprint density at radius 3 is 2.94 bits per heavy atom. The summed E-state index contributed by atoms with van der Waals surface area (Å²) >= 11 is 0. The smallest absolute Gasteiger partial charge is 0.127 e. The van der Waals surface area contributed by atoms with E-state index < -0.39 is 0 Å². The highest BCUT2D eigenvalue weighted by molar-refractivity contribution is 5.29. The van der Waals surface area contributed by atoms with E-state index in [1.165, 1.54) is 18.6 Å². The molecular weight excluding hydrogens is 221 g/mol. The van der Waals surface area contributed by atoms with Crippen molar-refractivity contribution in [2.75, 3.05) is 13.2 Å². The van der Waals surface area contributed by atoms with E-state index in [9.17, 15) is 4.39 Å². The Balaban J connectivity index is 1.91. The van der Waals surface area contributed by atoms with E-state index in [0.29, 0.717) is 18.9 Å². The van der Waals surface area contributed by atoms with Crippen LogP contribution in [0.15, 0.2) is 18.2 Å². The molecule has 4 heteroatoms. The Morgan fingerprint density at radius 1 is 1.35 bits per heavy atom. The fraction of sp³-hybridized carbons (Fsp3) is 0.538. The minimum Gasteiger partial charge on any atom is -0.491 e. The maximum Gasteiger partial charge on any atom is 0.127 e. The quantitative estimate of drug-likeness (QED) is 0.876. The van der Waals surface area contributed by atoms with Crippen LogP contribution >= 0.6 is 0 Å². The zero-order valence-corrected chi connectivity index (χ0v) is 9.82. The first kappa shape index (κ1) is 12.3. The fourth-order valence-corrected chi connectivity index (χ4v) is 1.95. The van der Waals surface area contributed by atoms with Gasteiger partial charge in [0.15, 0.2) is 0 Å². The lowest BCUT2D eigenvalue weighted by atomic mass is 10.1. The van der Waals surface area contributed by atoms with Crippen LogP contribution in [0.25, 0.3) is 0 Å². The van der Waals surface area contributed by atoms with Crippen LogP contribution < -0.4 is 10.5 Å². The average molecular weight is 239 g/mol. The summed E-state index contributed by atoms with van der Waals surface area (Å²) in [5, 5.41) is 0. The molecule has 1 fully saturated rings. The lowest BCUT2D eigenvalue weighted by Gasteiger charge is -2.22. The van der Waals surface area contributed by atoms with Gasteiger partial charge in [-0.05, 0) is 37.0 Å². The SMILES string of the molecule is NCc1cc(F)cc(OCC2CCCCO2)c1. The van der Waals surface area contributed by atoms with Crippen LogP contribution in [0.2, 0.25) is 0 Å². The van der Waals surface area contributed by atoms with Gasteiger partial charge in [-0.1, -0.05) is 0 Å². The zero-order chi connectivity index (χ0) is 12.1. The Morgan fingerprint density at radius 2 is 2.24 bits per heavy atom. The van der Waals surface area contributed by atoms with E-state index in [1.54, 1.807) is 6.07 Å². The topological polar surface area (TPSA) is 44.5 Å². The second-order valence-corrected chi connectivity index (χ2v) is 4.30. The minimum atomic E-state index is -0.312. The molecule has 2 rings (SSSR count). The van der Waals surface area contributed by atoms with Crippen LogP contribution in [-0.4, -0.2) is 19.3 Å². The van der Waals surface area contributed by atoms with E-state index in [2.05, 4.69) is 0 Å². The summed E-state index contributed by atoms with van der Waals surface area (Å²) in [6.07, 6.45) is 3.44. The summed E-state index contributed by atoms with van der Waals surface area (Å²) in [4.78, 5) is 0. The van der Waals surface area contributed by atoms with E-state index in [0.717, 1.165) is 25.0 Å². The monoisotopic (exact) mass is 239 g/mol. The normalized spacial score (nSPS) is 20.2. The predicted molar refractivity (Wildman–Crippen MR) is 63.4 cm³/mol. The summed E-state index contributed by atoms with van der Waals surface area (Å²) in [5.74, 6) is 0.215. The van der Waals surface area contributed by atoms with Gasteiger partial charge in [0, 0.05) is 19.2 Å². The van der Waals surface area contributed by atoms with Gasteiger partial charge < -0.3 is 15.2 Å². The lowest BCUT2D eigenvalue weighted by molar-refractivity contribution is -0.0111. The third kappa shape index (κ3) is 3.68. The summed E-state index contributed by atoms with van der Waals surface area (Å²) < 4.78 is 24.3. The van der Waals surface area contributed by atoms with Crippen LogP contribution in [-0.2, 0) is 11.3 Å². The van der Waals surface area contributed by atoms with Crippen LogP contribution in [0.1, 0.15) is 24.8 Å². The molecule has 1 unspecified atom stereocenters. The highest BCUT2D eigenvalue weighted by Crippen LogP contribution is 2.18. The van der Waals surface area contributed by atoms with Gasteiger partial charge in [0.25, 0.3) is 0 Å². The molecule has 1 aliphatic heterocycles. The van der Waals surface area contributed by atoms with E-state index >= 15 is 0 Å². The minimum absolute atomic E-state index is 0.133. The molecule has 0 bridgehead atoms. The van der Waals surface area contributed by atoms with Gasteiger partial charge in [-0.25, -0.2) is 4.39 Å². The summed E-state index contributed by atoms with van der Waals surface area (Å²) in [5.41, 5.74) is 6.22. The molecule has 1 atom stereocenters. The molecule has 3 nitrogen and oxygen atoms in total. The number of benzene rings is 1. The number of hydrogen-bond acceptors (Lipinski definition) is 3. The standard InChI is InChI=1S/C13H18FNO2/c14-11-5-10(8-15)6-13(7-11)17-9-12-3-1-2-4-16-12/h5-7,12H,1-4,8-9,15H2. The van der Waals surface area contributed by atoms with Crippen molar-refractivity contribution in [1.82, 2.24) is 0 Å². The van der Waals surface area contributed by atoms with Gasteiger partial charge in [0.1, 0.15) is 18.2 Å². The molecule has 0 amide bonds. The first-order chi connectivity index (χ1) is 8.28. The number of hydrogen-bond donors (Lipinski definition) is 1. The average Bonchev–Trinajstić information content (AvgIpc) is 2.37. The molecule has 1 heterocycles. The number of ether oxygens (including phenoxy) is 2. The first-order valence-corrected chi connectivity index (χ1v) is 6.02. The van der Waals surface area contributed by atoms with Gasteiger partial charge in [-0.15, -0.1) is 0 Å². The molecule has 1 aromatic carbocycles. The first-order valence-electron chi connectivity index (χ1n) is 6.02. The van der Waals surface area contributed by atoms with Crippen molar-refractivity contribution < 1.29 is 13.9 Å². The molecule has 1 saturated heterocycles. The van der Waals surface area contributed by atoms with E-state index in [-0.39, 0.29) is 11.9 Å². The highest BCUT2D eigenvalue weighted by Gasteiger charge is 2.14. The van der Waals surface area contributed by atoms with Crippen LogP contribution in [0, 0.1) is 5.82 Å². The molecule has 0 radical (unpaired) electrons. The van der Waals surface area contributed by atoms with Crippen molar-refractivity contribution in [2.45, 2.75) is 31.9 Å². The third-order valence-electron chi connectivity index (χ3n) is 2.88.